The van der Waals surface area contributed by atoms with Crippen molar-refractivity contribution < 1.29 is 13.5 Å². The molecular weight excluding hydrogens is 259 g/mol. The second-order valence-electron chi connectivity index (χ2n) is 5.06. The summed E-state index contributed by atoms with van der Waals surface area (Å²) in [7, 11) is 0. The van der Waals surface area contributed by atoms with Crippen LogP contribution in [0.5, 0.6) is 0 Å². The van der Waals surface area contributed by atoms with E-state index in [4.69, 9.17) is 9.15 Å². The van der Waals surface area contributed by atoms with E-state index in [0.29, 0.717) is 31.4 Å². The van der Waals surface area contributed by atoms with Gasteiger partial charge in [-0.1, -0.05) is 19.1 Å². The van der Waals surface area contributed by atoms with Crippen LogP contribution < -0.4 is 0 Å². The molecule has 1 aliphatic rings. The number of halogens is 1. The lowest BCUT2D eigenvalue weighted by atomic mass is 9.74. The highest BCUT2D eigenvalue weighted by Crippen LogP contribution is 2.40. The van der Waals surface area contributed by atoms with E-state index < -0.39 is 5.41 Å². The first-order chi connectivity index (χ1) is 9.74. The normalized spacial score (nSPS) is 18.1. The zero-order chi connectivity index (χ0) is 14.0. The van der Waals surface area contributed by atoms with Crippen molar-refractivity contribution in [3.63, 3.8) is 0 Å². The maximum absolute atomic E-state index is 13.6. The Kier molecular flexibility index (Phi) is 3.53. The lowest BCUT2D eigenvalue weighted by Gasteiger charge is -2.34. The van der Waals surface area contributed by atoms with Gasteiger partial charge in [0.15, 0.2) is 0 Å². The number of rotatable bonds is 3. The van der Waals surface area contributed by atoms with Gasteiger partial charge in [-0.05, 0) is 30.5 Å². The van der Waals surface area contributed by atoms with Gasteiger partial charge in [-0.15, -0.1) is 10.2 Å². The minimum absolute atomic E-state index is 0.247. The highest BCUT2D eigenvalue weighted by molar-refractivity contribution is 5.32. The van der Waals surface area contributed by atoms with Crippen LogP contribution in [0.2, 0.25) is 0 Å². The lowest BCUT2D eigenvalue weighted by Crippen LogP contribution is -2.35. The maximum Gasteiger partial charge on any atom is 0.227 e. The van der Waals surface area contributed by atoms with Gasteiger partial charge in [0.05, 0.1) is 5.41 Å². The molecule has 0 spiro atoms. The van der Waals surface area contributed by atoms with E-state index in [9.17, 15) is 4.39 Å². The lowest BCUT2D eigenvalue weighted by molar-refractivity contribution is 0.0540. The van der Waals surface area contributed by atoms with Crippen molar-refractivity contribution in [2.24, 2.45) is 0 Å². The van der Waals surface area contributed by atoms with Crippen LogP contribution in [0.25, 0.3) is 0 Å². The minimum Gasteiger partial charge on any atom is -0.424 e. The second-order valence-corrected chi connectivity index (χ2v) is 5.06. The Bertz CT molecular complexity index is 591. The van der Waals surface area contributed by atoms with Gasteiger partial charge in [-0.2, -0.15) is 0 Å². The zero-order valence-electron chi connectivity index (χ0n) is 11.4. The molecule has 20 heavy (non-hydrogen) atoms. The van der Waals surface area contributed by atoms with Crippen molar-refractivity contribution in [1.29, 1.82) is 0 Å². The van der Waals surface area contributed by atoms with E-state index >= 15 is 0 Å². The van der Waals surface area contributed by atoms with Crippen LogP contribution in [0.3, 0.4) is 0 Å². The fourth-order valence-electron chi connectivity index (χ4n) is 2.72. The Morgan fingerprint density at radius 2 is 2.05 bits per heavy atom. The van der Waals surface area contributed by atoms with Gasteiger partial charge in [0, 0.05) is 19.6 Å². The van der Waals surface area contributed by atoms with Crippen LogP contribution >= 0.6 is 0 Å². The molecule has 0 amide bonds. The Morgan fingerprint density at radius 3 is 2.70 bits per heavy atom. The van der Waals surface area contributed by atoms with Crippen molar-refractivity contribution in [3.05, 3.63) is 47.4 Å². The molecule has 2 heterocycles. The maximum atomic E-state index is 13.6. The molecule has 2 aromatic rings. The minimum atomic E-state index is -0.430. The molecule has 1 aromatic heterocycles. The first-order valence-corrected chi connectivity index (χ1v) is 6.91. The third-order valence-corrected chi connectivity index (χ3v) is 3.90. The summed E-state index contributed by atoms with van der Waals surface area (Å²) in [4.78, 5) is 0. The van der Waals surface area contributed by atoms with Gasteiger partial charge in [0.2, 0.25) is 11.8 Å². The van der Waals surface area contributed by atoms with E-state index in [1.165, 1.54) is 6.07 Å². The summed E-state index contributed by atoms with van der Waals surface area (Å²) in [6.07, 6.45) is 2.15. The van der Waals surface area contributed by atoms with Gasteiger partial charge in [0.25, 0.3) is 0 Å². The molecule has 1 fully saturated rings. The van der Waals surface area contributed by atoms with Gasteiger partial charge < -0.3 is 9.15 Å². The molecule has 4 nitrogen and oxygen atoms in total. The molecule has 0 radical (unpaired) electrons. The summed E-state index contributed by atoms with van der Waals surface area (Å²) >= 11 is 0. The van der Waals surface area contributed by atoms with Crippen molar-refractivity contribution >= 4 is 0 Å². The van der Waals surface area contributed by atoms with Crippen molar-refractivity contribution in [2.75, 3.05) is 13.2 Å². The standard InChI is InChI=1S/C15H17FN2O2/c1-2-13-17-18-14(20-13)15(6-8-19-9-7-15)11-4-3-5-12(16)10-11/h3-5,10H,2,6-9H2,1H3. The summed E-state index contributed by atoms with van der Waals surface area (Å²) in [6, 6.07) is 6.64. The van der Waals surface area contributed by atoms with Gasteiger partial charge in [-0.3, -0.25) is 0 Å². The number of benzene rings is 1. The monoisotopic (exact) mass is 276 g/mol. The molecule has 0 saturated carbocycles. The molecule has 1 aliphatic heterocycles. The number of ether oxygens (including phenoxy) is 1. The Morgan fingerprint density at radius 1 is 1.25 bits per heavy atom. The summed E-state index contributed by atoms with van der Waals surface area (Å²) in [5, 5.41) is 8.25. The topological polar surface area (TPSA) is 48.2 Å². The van der Waals surface area contributed by atoms with Crippen LogP contribution in [0.1, 0.15) is 37.1 Å². The van der Waals surface area contributed by atoms with Crippen LogP contribution in [0.4, 0.5) is 4.39 Å². The van der Waals surface area contributed by atoms with Crippen LogP contribution in [-0.4, -0.2) is 23.4 Å². The molecule has 0 bridgehead atoms. The Labute approximate surface area is 117 Å². The number of aryl methyl sites for hydroxylation is 1. The van der Waals surface area contributed by atoms with Gasteiger partial charge >= 0.3 is 0 Å². The van der Waals surface area contributed by atoms with E-state index in [2.05, 4.69) is 10.2 Å². The molecule has 0 N–H and O–H groups in total. The smallest absolute Gasteiger partial charge is 0.227 e. The van der Waals surface area contributed by atoms with E-state index in [1.807, 2.05) is 13.0 Å². The molecule has 0 aliphatic carbocycles. The molecule has 1 aromatic carbocycles. The van der Waals surface area contributed by atoms with Gasteiger partial charge in [0.1, 0.15) is 5.82 Å². The third kappa shape index (κ3) is 2.22. The highest BCUT2D eigenvalue weighted by atomic mass is 19.1. The zero-order valence-corrected chi connectivity index (χ0v) is 11.4. The van der Waals surface area contributed by atoms with Crippen molar-refractivity contribution in [2.45, 2.75) is 31.6 Å². The average molecular weight is 276 g/mol. The van der Waals surface area contributed by atoms with Gasteiger partial charge in [-0.25, -0.2) is 4.39 Å². The summed E-state index contributed by atoms with van der Waals surface area (Å²) in [5.41, 5.74) is 0.452. The number of nitrogens with zero attached hydrogens (tertiary/aromatic N) is 2. The predicted molar refractivity (Wildman–Crippen MR) is 70.9 cm³/mol. The first kappa shape index (κ1) is 13.2. The quantitative estimate of drug-likeness (QED) is 0.865. The predicted octanol–water partition coefficient (Wildman–Crippen LogP) is 2.87. The Hall–Kier alpha value is -1.75. The summed E-state index contributed by atoms with van der Waals surface area (Å²) < 4.78 is 24.8. The Balaban J connectivity index is 2.08. The molecule has 5 heteroatoms. The number of hydrogen-bond donors (Lipinski definition) is 0. The van der Waals surface area contributed by atoms with Crippen molar-refractivity contribution in [1.82, 2.24) is 10.2 Å². The molecule has 3 rings (SSSR count). The van der Waals surface area contributed by atoms with E-state index in [-0.39, 0.29) is 5.82 Å². The fraction of sp³-hybridized carbons (Fsp3) is 0.467. The molecule has 1 saturated heterocycles. The first-order valence-electron chi connectivity index (χ1n) is 6.91. The van der Waals surface area contributed by atoms with Crippen LogP contribution in [-0.2, 0) is 16.6 Å². The SMILES string of the molecule is CCc1nnc(C2(c3cccc(F)c3)CCOCC2)o1. The summed E-state index contributed by atoms with van der Waals surface area (Å²) in [6.45, 7) is 3.19. The number of hydrogen-bond acceptors (Lipinski definition) is 4. The summed E-state index contributed by atoms with van der Waals surface area (Å²) in [5.74, 6) is 0.939. The van der Waals surface area contributed by atoms with E-state index in [0.717, 1.165) is 18.4 Å². The fourth-order valence-corrected chi connectivity index (χ4v) is 2.72. The largest absolute Gasteiger partial charge is 0.424 e. The van der Waals surface area contributed by atoms with Crippen LogP contribution in [0.15, 0.2) is 28.7 Å². The molecule has 106 valence electrons. The molecular formula is C15H17FN2O2. The highest BCUT2D eigenvalue weighted by Gasteiger charge is 2.41. The average Bonchev–Trinajstić information content (AvgIpc) is 2.97. The molecule has 0 unspecified atom stereocenters. The van der Waals surface area contributed by atoms with Crippen LogP contribution in [0, 0.1) is 5.82 Å². The molecule has 0 atom stereocenters. The number of aromatic nitrogens is 2. The van der Waals surface area contributed by atoms with E-state index in [1.54, 1.807) is 12.1 Å². The van der Waals surface area contributed by atoms with Crippen molar-refractivity contribution in [3.8, 4) is 0 Å². The third-order valence-electron chi connectivity index (χ3n) is 3.90. The second kappa shape index (κ2) is 5.32.